The fourth-order valence-corrected chi connectivity index (χ4v) is 3.96. The average Bonchev–Trinajstić information content (AvgIpc) is 3.13. The number of hydrogen-bond acceptors (Lipinski definition) is 2. The summed E-state index contributed by atoms with van der Waals surface area (Å²) >= 11 is 0. The standard InChI is InChI=1S/C26H27N3O/c1-2-26(30)27-18-9-3-4-17-25-28-23-15-7-8-16-24(23)29(25)19-21-13-10-12-20-11-5-6-14-22(20)21/h2,5-8,10-16H,1,3-4,9,17-19H2,(H,27,30). The largest absolute Gasteiger partial charge is 0.353 e. The van der Waals surface area contributed by atoms with Gasteiger partial charge < -0.3 is 9.88 Å². The first kappa shape index (κ1) is 19.9. The van der Waals surface area contributed by atoms with E-state index in [0.29, 0.717) is 6.54 Å². The number of carbonyl (C=O) groups excluding carboxylic acids is 1. The first-order chi connectivity index (χ1) is 14.8. The summed E-state index contributed by atoms with van der Waals surface area (Å²) in [6, 6.07) is 23.4. The van der Waals surface area contributed by atoms with E-state index in [2.05, 4.69) is 77.1 Å². The lowest BCUT2D eigenvalue weighted by Crippen LogP contribution is -2.21. The number of hydrogen-bond donors (Lipinski definition) is 1. The van der Waals surface area contributed by atoms with Gasteiger partial charge in [0.05, 0.1) is 11.0 Å². The van der Waals surface area contributed by atoms with Crippen LogP contribution in [0.3, 0.4) is 0 Å². The fourth-order valence-electron chi connectivity index (χ4n) is 3.96. The maximum Gasteiger partial charge on any atom is 0.243 e. The van der Waals surface area contributed by atoms with E-state index in [0.717, 1.165) is 43.6 Å². The minimum absolute atomic E-state index is 0.105. The Labute approximate surface area is 177 Å². The molecule has 4 heteroatoms. The Morgan fingerprint density at radius 2 is 1.77 bits per heavy atom. The highest BCUT2D eigenvalue weighted by Gasteiger charge is 2.12. The summed E-state index contributed by atoms with van der Waals surface area (Å²) in [5.41, 5.74) is 3.54. The zero-order valence-corrected chi connectivity index (χ0v) is 17.2. The number of nitrogens with zero attached hydrogens (tertiary/aromatic N) is 2. The van der Waals surface area contributed by atoms with Gasteiger partial charge in [0.1, 0.15) is 5.82 Å². The number of unbranched alkanes of at least 4 members (excludes halogenated alkanes) is 2. The van der Waals surface area contributed by atoms with Gasteiger partial charge in [-0.05, 0) is 47.4 Å². The van der Waals surface area contributed by atoms with E-state index in [1.165, 1.54) is 27.9 Å². The topological polar surface area (TPSA) is 46.9 Å². The molecule has 0 aliphatic heterocycles. The lowest BCUT2D eigenvalue weighted by molar-refractivity contribution is -0.116. The first-order valence-corrected chi connectivity index (χ1v) is 10.6. The monoisotopic (exact) mass is 397 g/mol. The number of aromatic nitrogens is 2. The number of para-hydroxylation sites is 2. The number of carbonyl (C=O) groups is 1. The van der Waals surface area contributed by atoms with Crippen molar-refractivity contribution < 1.29 is 4.79 Å². The average molecular weight is 398 g/mol. The van der Waals surface area contributed by atoms with Crippen LogP contribution in [0.5, 0.6) is 0 Å². The van der Waals surface area contributed by atoms with E-state index in [1.54, 1.807) is 0 Å². The van der Waals surface area contributed by atoms with Crippen LogP contribution in [0.4, 0.5) is 0 Å². The second kappa shape index (κ2) is 9.40. The van der Waals surface area contributed by atoms with Crippen LogP contribution in [0, 0.1) is 0 Å². The smallest absolute Gasteiger partial charge is 0.243 e. The zero-order valence-electron chi connectivity index (χ0n) is 17.2. The molecule has 1 aromatic heterocycles. The van der Waals surface area contributed by atoms with Crippen LogP contribution in [-0.4, -0.2) is 22.0 Å². The fraction of sp³-hybridized carbons (Fsp3) is 0.231. The molecule has 0 saturated carbocycles. The molecule has 0 spiro atoms. The van der Waals surface area contributed by atoms with Crippen molar-refractivity contribution in [3.63, 3.8) is 0 Å². The minimum Gasteiger partial charge on any atom is -0.353 e. The maximum absolute atomic E-state index is 11.2. The van der Waals surface area contributed by atoms with Gasteiger partial charge in [-0.25, -0.2) is 4.98 Å². The van der Waals surface area contributed by atoms with Crippen LogP contribution in [0.15, 0.2) is 79.4 Å². The molecular formula is C26H27N3O. The Morgan fingerprint density at radius 3 is 2.67 bits per heavy atom. The minimum atomic E-state index is -0.105. The van der Waals surface area contributed by atoms with Crippen LogP contribution in [-0.2, 0) is 17.8 Å². The van der Waals surface area contributed by atoms with Gasteiger partial charge in [-0.15, -0.1) is 0 Å². The third-order valence-electron chi connectivity index (χ3n) is 5.50. The molecule has 1 heterocycles. The Morgan fingerprint density at radius 1 is 0.967 bits per heavy atom. The Hall–Kier alpha value is -3.40. The molecule has 0 saturated heterocycles. The molecule has 0 fully saturated rings. The van der Waals surface area contributed by atoms with Crippen molar-refractivity contribution in [3.05, 3.63) is 90.8 Å². The molecule has 4 aromatic rings. The van der Waals surface area contributed by atoms with Gasteiger partial charge in [-0.3, -0.25) is 4.79 Å². The van der Waals surface area contributed by atoms with Gasteiger partial charge in [0.15, 0.2) is 0 Å². The first-order valence-electron chi connectivity index (χ1n) is 10.6. The lowest BCUT2D eigenvalue weighted by Gasteiger charge is -2.12. The Balaban J connectivity index is 1.52. The Kier molecular flexibility index (Phi) is 6.23. The molecule has 30 heavy (non-hydrogen) atoms. The van der Waals surface area contributed by atoms with E-state index in [-0.39, 0.29) is 5.91 Å². The Bertz CT molecular complexity index is 1170. The number of benzene rings is 3. The second-order valence-electron chi connectivity index (χ2n) is 7.55. The second-order valence-corrected chi connectivity index (χ2v) is 7.55. The molecular weight excluding hydrogens is 370 g/mol. The van der Waals surface area contributed by atoms with Gasteiger partial charge in [-0.2, -0.15) is 0 Å². The summed E-state index contributed by atoms with van der Waals surface area (Å²) in [6.45, 7) is 4.98. The summed E-state index contributed by atoms with van der Waals surface area (Å²) in [5.74, 6) is 1.02. The predicted molar refractivity (Wildman–Crippen MR) is 124 cm³/mol. The van der Waals surface area contributed by atoms with Crippen molar-refractivity contribution in [1.29, 1.82) is 0 Å². The van der Waals surface area contributed by atoms with Crippen LogP contribution >= 0.6 is 0 Å². The molecule has 152 valence electrons. The molecule has 0 bridgehead atoms. The van der Waals surface area contributed by atoms with Gasteiger partial charge in [0, 0.05) is 19.5 Å². The van der Waals surface area contributed by atoms with Gasteiger partial charge in [0.2, 0.25) is 5.91 Å². The van der Waals surface area contributed by atoms with Crippen molar-refractivity contribution in [1.82, 2.24) is 14.9 Å². The number of aryl methyl sites for hydroxylation is 1. The summed E-state index contributed by atoms with van der Waals surface area (Å²) in [7, 11) is 0. The van der Waals surface area contributed by atoms with E-state index in [1.807, 2.05) is 6.07 Å². The molecule has 1 N–H and O–H groups in total. The van der Waals surface area contributed by atoms with Crippen molar-refractivity contribution in [2.45, 2.75) is 32.2 Å². The molecule has 4 rings (SSSR count). The quantitative estimate of drug-likeness (QED) is 0.310. The van der Waals surface area contributed by atoms with E-state index < -0.39 is 0 Å². The summed E-state index contributed by atoms with van der Waals surface area (Å²) in [5, 5.41) is 5.40. The number of imidazole rings is 1. The van der Waals surface area contributed by atoms with Crippen LogP contribution < -0.4 is 5.32 Å². The third-order valence-corrected chi connectivity index (χ3v) is 5.50. The van der Waals surface area contributed by atoms with Gasteiger partial charge >= 0.3 is 0 Å². The van der Waals surface area contributed by atoms with Crippen LogP contribution in [0.2, 0.25) is 0 Å². The van der Waals surface area contributed by atoms with E-state index in [9.17, 15) is 4.79 Å². The molecule has 3 aromatic carbocycles. The van der Waals surface area contributed by atoms with Crippen molar-refractivity contribution in [3.8, 4) is 0 Å². The SMILES string of the molecule is C=CC(=O)NCCCCCc1nc2ccccc2n1Cc1cccc2ccccc12. The van der Waals surface area contributed by atoms with E-state index in [4.69, 9.17) is 4.98 Å². The molecule has 0 radical (unpaired) electrons. The van der Waals surface area contributed by atoms with Crippen molar-refractivity contribution >= 4 is 27.7 Å². The molecule has 0 unspecified atom stereocenters. The lowest BCUT2D eigenvalue weighted by atomic mass is 10.0. The maximum atomic E-state index is 11.2. The number of fused-ring (bicyclic) bond motifs is 2. The van der Waals surface area contributed by atoms with Gasteiger partial charge in [-0.1, -0.05) is 67.6 Å². The highest BCUT2D eigenvalue weighted by molar-refractivity contribution is 5.87. The van der Waals surface area contributed by atoms with Crippen molar-refractivity contribution in [2.75, 3.05) is 6.54 Å². The van der Waals surface area contributed by atoms with Crippen LogP contribution in [0.1, 0.15) is 30.7 Å². The third kappa shape index (κ3) is 4.43. The number of amides is 1. The molecule has 0 atom stereocenters. The number of rotatable bonds is 9. The van der Waals surface area contributed by atoms with Crippen LogP contribution in [0.25, 0.3) is 21.8 Å². The zero-order chi connectivity index (χ0) is 20.8. The molecule has 4 nitrogen and oxygen atoms in total. The summed E-state index contributed by atoms with van der Waals surface area (Å²) in [6.07, 6.45) is 5.30. The summed E-state index contributed by atoms with van der Waals surface area (Å²) < 4.78 is 2.36. The normalized spacial score (nSPS) is 11.1. The molecule has 0 aliphatic carbocycles. The molecule has 0 aliphatic rings. The highest BCUT2D eigenvalue weighted by atomic mass is 16.1. The van der Waals surface area contributed by atoms with E-state index >= 15 is 0 Å². The van der Waals surface area contributed by atoms with Gasteiger partial charge in [0.25, 0.3) is 0 Å². The summed E-state index contributed by atoms with van der Waals surface area (Å²) in [4.78, 5) is 16.2. The molecule has 1 amide bonds. The van der Waals surface area contributed by atoms with Crippen molar-refractivity contribution in [2.24, 2.45) is 0 Å². The highest BCUT2D eigenvalue weighted by Crippen LogP contribution is 2.24. The predicted octanol–water partition coefficient (Wildman–Crippen LogP) is 5.25. The number of nitrogens with one attached hydrogen (secondary N) is 1.